The summed E-state index contributed by atoms with van der Waals surface area (Å²) >= 11 is 0. The number of hydrogen-bond donors (Lipinski definition) is 1. The summed E-state index contributed by atoms with van der Waals surface area (Å²) in [7, 11) is 0. The van der Waals surface area contributed by atoms with Crippen molar-refractivity contribution in [3.05, 3.63) is 11.6 Å². The molecule has 4 heteroatoms. The summed E-state index contributed by atoms with van der Waals surface area (Å²) in [6.45, 7) is 2.26. The Hall–Kier alpha value is -0.540. The van der Waals surface area contributed by atoms with Gasteiger partial charge in [-0.3, -0.25) is 0 Å². The summed E-state index contributed by atoms with van der Waals surface area (Å²) in [5.74, 6) is -0.215. The molecule has 1 fully saturated rings. The van der Waals surface area contributed by atoms with E-state index in [1.807, 2.05) is 6.92 Å². The van der Waals surface area contributed by atoms with E-state index in [1.165, 1.54) is 5.57 Å². The molecule has 1 aliphatic rings. The van der Waals surface area contributed by atoms with Crippen molar-refractivity contribution in [3.8, 4) is 0 Å². The fourth-order valence-corrected chi connectivity index (χ4v) is 1.51. The van der Waals surface area contributed by atoms with Crippen molar-refractivity contribution in [2.75, 3.05) is 6.61 Å². The van der Waals surface area contributed by atoms with Crippen LogP contribution in [0, 0.1) is 0 Å². The number of esters is 1. The van der Waals surface area contributed by atoms with Crippen molar-refractivity contribution in [2.45, 2.75) is 38.6 Å². The number of rotatable bonds is 2. The van der Waals surface area contributed by atoms with Gasteiger partial charge in [-0.15, -0.1) is 12.4 Å². The molecule has 0 aliphatic heterocycles. The van der Waals surface area contributed by atoms with E-state index in [0.29, 0.717) is 12.6 Å². The van der Waals surface area contributed by atoms with E-state index < -0.39 is 0 Å². The standard InChI is InChI=1S/C10H17NO2.ClH/c1-2-13-10(12)7-8-3-5-9(11)6-4-8;/h7,9H,2-6,11H2,1H3;1H. The molecule has 0 aromatic carbocycles. The molecule has 3 nitrogen and oxygen atoms in total. The van der Waals surface area contributed by atoms with Crippen LogP contribution >= 0.6 is 12.4 Å². The second-order valence-corrected chi connectivity index (χ2v) is 3.39. The maximum absolute atomic E-state index is 11.1. The van der Waals surface area contributed by atoms with Crippen LogP contribution in [0.3, 0.4) is 0 Å². The van der Waals surface area contributed by atoms with Crippen molar-refractivity contribution in [1.29, 1.82) is 0 Å². The van der Waals surface area contributed by atoms with Gasteiger partial charge in [0.25, 0.3) is 0 Å². The van der Waals surface area contributed by atoms with Gasteiger partial charge in [-0.25, -0.2) is 4.79 Å². The maximum atomic E-state index is 11.1. The van der Waals surface area contributed by atoms with Crippen molar-refractivity contribution in [2.24, 2.45) is 5.73 Å². The molecule has 0 unspecified atom stereocenters. The van der Waals surface area contributed by atoms with Crippen LogP contribution in [0.2, 0.25) is 0 Å². The molecule has 0 bridgehead atoms. The summed E-state index contributed by atoms with van der Waals surface area (Å²) in [4.78, 5) is 11.1. The van der Waals surface area contributed by atoms with Crippen molar-refractivity contribution >= 4 is 18.4 Å². The van der Waals surface area contributed by atoms with Gasteiger partial charge in [-0.1, -0.05) is 5.57 Å². The molecule has 0 saturated heterocycles. The predicted octanol–water partition coefficient (Wildman–Crippen LogP) is 1.80. The third-order valence-electron chi connectivity index (χ3n) is 2.28. The minimum absolute atomic E-state index is 0. The lowest BCUT2D eigenvalue weighted by Crippen LogP contribution is -2.23. The Kier molecular flexibility index (Phi) is 6.58. The first-order valence-corrected chi connectivity index (χ1v) is 4.84. The van der Waals surface area contributed by atoms with E-state index >= 15 is 0 Å². The molecule has 2 N–H and O–H groups in total. The van der Waals surface area contributed by atoms with Gasteiger partial charge in [0.1, 0.15) is 0 Å². The number of hydrogen-bond acceptors (Lipinski definition) is 3. The first-order valence-electron chi connectivity index (χ1n) is 4.84. The number of carbonyl (C=O) groups excluding carboxylic acids is 1. The Morgan fingerprint density at radius 1 is 1.57 bits per heavy atom. The van der Waals surface area contributed by atoms with Crippen LogP contribution in [-0.2, 0) is 9.53 Å². The van der Waals surface area contributed by atoms with E-state index in [1.54, 1.807) is 6.08 Å². The van der Waals surface area contributed by atoms with Crippen molar-refractivity contribution in [1.82, 2.24) is 0 Å². The average molecular weight is 220 g/mol. The predicted molar refractivity (Wildman–Crippen MR) is 58.4 cm³/mol. The smallest absolute Gasteiger partial charge is 0.330 e. The number of halogens is 1. The highest BCUT2D eigenvalue weighted by Crippen LogP contribution is 2.21. The number of nitrogens with two attached hydrogens (primary N) is 1. The summed E-state index contributed by atoms with van der Waals surface area (Å²) in [6.07, 6.45) is 5.49. The zero-order valence-corrected chi connectivity index (χ0v) is 9.31. The van der Waals surface area contributed by atoms with E-state index in [0.717, 1.165) is 25.7 Å². The Balaban J connectivity index is 0.00000169. The molecule has 1 saturated carbocycles. The second-order valence-electron chi connectivity index (χ2n) is 3.39. The van der Waals surface area contributed by atoms with Gasteiger partial charge in [0.15, 0.2) is 0 Å². The van der Waals surface area contributed by atoms with E-state index in [2.05, 4.69) is 0 Å². The highest BCUT2D eigenvalue weighted by Gasteiger charge is 2.13. The van der Waals surface area contributed by atoms with Gasteiger partial charge < -0.3 is 10.5 Å². The molecular formula is C10H18ClNO2. The Morgan fingerprint density at radius 3 is 2.64 bits per heavy atom. The van der Waals surface area contributed by atoms with Crippen molar-refractivity contribution < 1.29 is 9.53 Å². The van der Waals surface area contributed by atoms with Gasteiger partial charge in [0.05, 0.1) is 6.61 Å². The Labute approximate surface area is 91.1 Å². The zero-order chi connectivity index (χ0) is 9.68. The van der Waals surface area contributed by atoms with Crippen LogP contribution in [0.4, 0.5) is 0 Å². The van der Waals surface area contributed by atoms with Gasteiger partial charge in [0.2, 0.25) is 0 Å². The maximum Gasteiger partial charge on any atom is 0.330 e. The molecule has 1 rings (SSSR count). The summed E-state index contributed by atoms with van der Waals surface area (Å²) in [5.41, 5.74) is 6.92. The average Bonchev–Trinajstić information content (AvgIpc) is 2.09. The summed E-state index contributed by atoms with van der Waals surface area (Å²) in [6, 6.07) is 0.319. The summed E-state index contributed by atoms with van der Waals surface area (Å²) in [5, 5.41) is 0. The van der Waals surface area contributed by atoms with Gasteiger partial charge in [-0.05, 0) is 32.6 Å². The van der Waals surface area contributed by atoms with Crippen LogP contribution < -0.4 is 5.73 Å². The molecule has 0 spiro atoms. The molecule has 0 heterocycles. The molecule has 82 valence electrons. The quantitative estimate of drug-likeness (QED) is 0.569. The molecule has 0 radical (unpaired) electrons. The van der Waals surface area contributed by atoms with E-state index in [4.69, 9.17) is 10.5 Å². The Morgan fingerprint density at radius 2 is 2.14 bits per heavy atom. The monoisotopic (exact) mass is 219 g/mol. The first kappa shape index (κ1) is 13.5. The lowest BCUT2D eigenvalue weighted by Gasteiger charge is -2.19. The molecule has 0 atom stereocenters. The van der Waals surface area contributed by atoms with Crippen LogP contribution in [-0.4, -0.2) is 18.6 Å². The van der Waals surface area contributed by atoms with E-state index in [9.17, 15) is 4.79 Å². The molecule has 0 aromatic heterocycles. The molecule has 0 aromatic rings. The molecule has 1 aliphatic carbocycles. The first-order chi connectivity index (χ1) is 6.22. The highest BCUT2D eigenvalue weighted by molar-refractivity contribution is 5.85. The lowest BCUT2D eigenvalue weighted by molar-refractivity contribution is -0.137. The fourth-order valence-electron chi connectivity index (χ4n) is 1.51. The van der Waals surface area contributed by atoms with E-state index in [-0.39, 0.29) is 18.4 Å². The fraction of sp³-hybridized carbons (Fsp3) is 0.700. The van der Waals surface area contributed by atoms with Gasteiger partial charge in [-0.2, -0.15) is 0 Å². The van der Waals surface area contributed by atoms with Gasteiger partial charge >= 0.3 is 5.97 Å². The molecular weight excluding hydrogens is 202 g/mol. The van der Waals surface area contributed by atoms with Crippen LogP contribution in [0.25, 0.3) is 0 Å². The highest BCUT2D eigenvalue weighted by atomic mass is 35.5. The molecule has 14 heavy (non-hydrogen) atoms. The largest absolute Gasteiger partial charge is 0.463 e. The number of ether oxygens (including phenoxy) is 1. The van der Waals surface area contributed by atoms with Crippen molar-refractivity contribution in [3.63, 3.8) is 0 Å². The summed E-state index contributed by atoms with van der Waals surface area (Å²) < 4.78 is 4.82. The molecule has 0 amide bonds. The minimum atomic E-state index is -0.215. The minimum Gasteiger partial charge on any atom is -0.463 e. The number of allylic oxidation sites excluding steroid dienone is 1. The number of carbonyl (C=O) groups is 1. The zero-order valence-electron chi connectivity index (χ0n) is 8.49. The third kappa shape index (κ3) is 4.63. The normalized spacial score (nSPS) is 21.0. The SMILES string of the molecule is CCOC(=O)C=C1CCC(N)CC1.Cl. The van der Waals surface area contributed by atoms with Gasteiger partial charge in [0, 0.05) is 12.1 Å². The second kappa shape index (κ2) is 6.85. The third-order valence-corrected chi connectivity index (χ3v) is 2.28. The van der Waals surface area contributed by atoms with Crippen LogP contribution in [0.15, 0.2) is 11.6 Å². The van der Waals surface area contributed by atoms with Crippen LogP contribution in [0.5, 0.6) is 0 Å². The lowest BCUT2D eigenvalue weighted by atomic mass is 9.91. The van der Waals surface area contributed by atoms with Crippen LogP contribution in [0.1, 0.15) is 32.6 Å². The Bertz CT molecular complexity index is 206. The topological polar surface area (TPSA) is 52.3 Å².